The Morgan fingerprint density at radius 1 is 0.921 bits per heavy atom. The molecular formula is C37H63N. The Labute approximate surface area is 239 Å². The van der Waals surface area contributed by atoms with Crippen molar-refractivity contribution in [2.45, 2.75) is 109 Å². The molecule has 0 bridgehead atoms. The first kappa shape index (κ1) is 40.0. The summed E-state index contributed by atoms with van der Waals surface area (Å²) in [6, 6.07) is 6.76. The van der Waals surface area contributed by atoms with E-state index in [1.807, 2.05) is 53.8 Å². The van der Waals surface area contributed by atoms with Crippen molar-refractivity contribution in [2.75, 3.05) is 7.05 Å². The lowest BCUT2D eigenvalue weighted by atomic mass is 9.73. The van der Waals surface area contributed by atoms with Gasteiger partial charge in [0.2, 0.25) is 0 Å². The minimum absolute atomic E-state index is 0.420. The fraction of sp³-hybridized carbons (Fsp3) is 0.514. The van der Waals surface area contributed by atoms with E-state index >= 15 is 0 Å². The van der Waals surface area contributed by atoms with E-state index < -0.39 is 0 Å². The van der Waals surface area contributed by atoms with Crippen LogP contribution in [-0.4, -0.2) is 7.05 Å². The summed E-state index contributed by atoms with van der Waals surface area (Å²) in [5.74, 6) is 0.906. The molecule has 0 spiro atoms. The molecule has 216 valence electrons. The van der Waals surface area contributed by atoms with Crippen molar-refractivity contribution in [3.05, 3.63) is 101 Å². The van der Waals surface area contributed by atoms with Crippen molar-refractivity contribution < 1.29 is 0 Å². The fourth-order valence-electron chi connectivity index (χ4n) is 3.77. The smallest absolute Gasteiger partial charge is 0.0335 e. The second-order valence-corrected chi connectivity index (χ2v) is 9.21. The van der Waals surface area contributed by atoms with Crippen LogP contribution in [0.15, 0.2) is 84.2 Å². The summed E-state index contributed by atoms with van der Waals surface area (Å²) in [6.07, 6.45) is 18.7. The highest BCUT2D eigenvalue weighted by Gasteiger charge is 2.28. The van der Waals surface area contributed by atoms with E-state index in [1.165, 1.54) is 51.9 Å². The number of unbranched alkanes of at least 4 members (excludes halogenated alkanes) is 1. The maximum absolute atomic E-state index is 3.43. The quantitative estimate of drug-likeness (QED) is 0.367. The second kappa shape index (κ2) is 26.1. The number of hydrogen-bond acceptors (Lipinski definition) is 1. The average Bonchev–Trinajstić information content (AvgIpc) is 2.93. The first-order valence-electron chi connectivity index (χ1n) is 14.8. The molecule has 1 aliphatic carbocycles. The number of likely N-dealkylation sites (N-methyl/N-ethyl adjacent to an activating group) is 1. The summed E-state index contributed by atoms with van der Waals surface area (Å²) in [5.41, 5.74) is 9.56. The highest BCUT2D eigenvalue weighted by atomic mass is 14.8. The maximum atomic E-state index is 3.43. The van der Waals surface area contributed by atoms with Crippen molar-refractivity contribution in [1.82, 2.24) is 5.32 Å². The van der Waals surface area contributed by atoms with Crippen LogP contribution in [0.3, 0.4) is 0 Å². The zero-order chi connectivity index (χ0) is 30.1. The summed E-state index contributed by atoms with van der Waals surface area (Å²) in [6.45, 7) is 31.0. The van der Waals surface area contributed by atoms with Crippen LogP contribution in [0.1, 0.15) is 112 Å². The number of benzene rings is 1. The molecule has 1 nitrogen and oxygen atoms in total. The predicted molar refractivity (Wildman–Crippen MR) is 180 cm³/mol. The molecule has 2 rings (SSSR count). The molecule has 0 heterocycles. The number of rotatable bonds is 6. The average molecular weight is 522 g/mol. The highest BCUT2D eigenvalue weighted by molar-refractivity contribution is 5.82. The van der Waals surface area contributed by atoms with Gasteiger partial charge in [-0.2, -0.15) is 0 Å². The van der Waals surface area contributed by atoms with Gasteiger partial charge in [0.05, 0.1) is 0 Å². The lowest BCUT2D eigenvalue weighted by Gasteiger charge is -2.33. The number of allylic oxidation sites excluding steroid dienone is 10. The predicted octanol–water partition coefficient (Wildman–Crippen LogP) is 12.0. The molecule has 0 radical (unpaired) electrons. The third-order valence-corrected chi connectivity index (χ3v) is 6.21. The highest BCUT2D eigenvalue weighted by Crippen LogP contribution is 2.42. The van der Waals surface area contributed by atoms with E-state index in [1.54, 1.807) is 6.08 Å². The standard InChI is InChI=1S/C24H33N.C4H10.C4H8.C3H6.C2H6/c1-8-10-20-18(5)19(6)22(15-23(20)24(25-7)11-9-2)21-14-16(3)12-13-17(21)4;2*1-3-4-2;1-3-2;1-2/h8,10-15,18,20,25H,9H2,1-7H3;3-4H2,1-2H3;3-4H,1-2H3;3H,1H2,2H3;1-2H3/b10-8-,24-11+;;4-3-;;. The Morgan fingerprint density at radius 2 is 1.45 bits per heavy atom. The van der Waals surface area contributed by atoms with Gasteiger partial charge in [0.1, 0.15) is 0 Å². The summed E-state index contributed by atoms with van der Waals surface area (Å²) >= 11 is 0. The summed E-state index contributed by atoms with van der Waals surface area (Å²) in [4.78, 5) is 0. The minimum atomic E-state index is 0.420. The van der Waals surface area contributed by atoms with E-state index in [2.05, 4.69) is 110 Å². The Kier molecular flexibility index (Phi) is 27.4. The number of nitrogens with one attached hydrogen (secondary N) is 1. The first-order valence-corrected chi connectivity index (χ1v) is 14.8. The molecule has 38 heavy (non-hydrogen) atoms. The van der Waals surface area contributed by atoms with Crippen molar-refractivity contribution in [1.29, 1.82) is 0 Å². The molecule has 2 unspecified atom stereocenters. The SMILES string of the molecule is C/C=C\C.C/C=C\C1C(/C(=C\CC)NC)=CC(c2cc(C)ccc2C)=C(C)C1C.C=CC.CC.CCCC. The zero-order valence-electron chi connectivity index (χ0n) is 27.8. The molecule has 1 aromatic rings. The summed E-state index contributed by atoms with van der Waals surface area (Å²) in [5, 5.41) is 3.43. The molecule has 1 aromatic carbocycles. The monoisotopic (exact) mass is 521 g/mol. The molecular weight excluding hydrogens is 458 g/mol. The van der Waals surface area contributed by atoms with Crippen LogP contribution in [0, 0.1) is 25.7 Å². The van der Waals surface area contributed by atoms with Gasteiger partial charge < -0.3 is 5.32 Å². The van der Waals surface area contributed by atoms with Crippen molar-refractivity contribution in [3.8, 4) is 0 Å². The van der Waals surface area contributed by atoms with Crippen LogP contribution in [0.25, 0.3) is 5.57 Å². The lowest BCUT2D eigenvalue weighted by molar-refractivity contribution is 0.545. The molecule has 0 saturated carbocycles. The Hall–Kier alpha value is -2.54. The van der Waals surface area contributed by atoms with Gasteiger partial charge in [0.25, 0.3) is 0 Å². The molecule has 1 N–H and O–H groups in total. The van der Waals surface area contributed by atoms with E-state index in [-0.39, 0.29) is 0 Å². The molecule has 0 aromatic heterocycles. The summed E-state index contributed by atoms with van der Waals surface area (Å²) < 4.78 is 0. The van der Waals surface area contributed by atoms with Crippen molar-refractivity contribution >= 4 is 5.57 Å². The topological polar surface area (TPSA) is 12.0 Å². The van der Waals surface area contributed by atoms with E-state index in [0.717, 1.165) is 6.42 Å². The van der Waals surface area contributed by atoms with E-state index in [0.29, 0.717) is 11.8 Å². The van der Waals surface area contributed by atoms with Crippen LogP contribution >= 0.6 is 0 Å². The molecule has 1 heteroatoms. The van der Waals surface area contributed by atoms with Crippen molar-refractivity contribution in [3.63, 3.8) is 0 Å². The lowest BCUT2D eigenvalue weighted by Crippen LogP contribution is -2.23. The van der Waals surface area contributed by atoms with E-state index in [4.69, 9.17) is 0 Å². The largest absolute Gasteiger partial charge is 0.388 e. The zero-order valence-corrected chi connectivity index (χ0v) is 27.8. The maximum Gasteiger partial charge on any atom is 0.0335 e. The first-order chi connectivity index (χ1) is 18.2. The normalized spacial score (nSPS) is 16.6. The molecule has 2 atom stereocenters. The third kappa shape index (κ3) is 15.0. The molecule has 0 saturated heterocycles. The Balaban J connectivity index is -0.000000791. The van der Waals surface area contributed by atoms with Gasteiger partial charge in [-0.1, -0.05) is 120 Å². The van der Waals surface area contributed by atoms with Gasteiger partial charge in [0, 0.05) is 18.7 Å². The Morgan fingerprint density at radius 3 is 1.84 bits per heavy atom. The molecule has 0 amide bonds. The van der Waals surface area contributed by atoms with Crippen LogP contribution in [0.5, 0.6) is 0 Å². The fourth-order valence-corrected chi connectivity index (χ4v) is 3.77. The van der Waals surface area contributed by atoms with Gasteiger partial charge in [0.15, 0.2) is 0 Å². The minimum Gasteiger partial charge on any atom is -0.388 e. The van der Waals surface area contributed by atoms with Gasteiger partial charge >= 0.3 is 0 Å². The number of hydrogen-bond donors (Lipinski definition) is 1. The molecule has 1 aliphatic rings. The van der Waals surface area contributed by atoms with Crippen LogP contribution in [-0.2, 0) is 0 Å². The van der Waals surface area contributed by atoms with E-state index in [9.17, 15) is 0 Å². The van der Waals surface area contributed by atoms with Gasteiger partial charge in [-0.3, -0.25) is 0 Å². The van der Waals surface area contributed by atoms with Gasteiger partial charge in [-0.05, 0) is 89.2 Å². The molecule has 0 aliphatic heterocycles. The molecule has 0 fully saturated rings. The van der Waals surface area contributed by atoms with Crippen LogP contribution in [0.4, 0.5) is 0 Å². The van der Waals surface area contributed by atoms with Gasteiger partial charge in [-0.15, -0.1) is 6.58 Å². The van der Waals surface area contributed by atoms with Crippen LogP contribution in [0.2, 0.25) is 0 Å². The van der Waals surface area contributed by atoms with Crippen LogP contribution < -0.4 is 5.32 Å². The Bertz CT molecular complexity index is 883. The second-order valence-electron chi connectivity index (χ2n) is 9.21. The summed E-state index contributed by atoms with van der Waals surface area (Å²) in [7, 11) is 2.03. The van der Waals surface area contributed by atoms with Gasteiger partial charge in [-0.25, -0.2) is 0 Å². The third-order valence-electron chi connectivity index (χ3n) is 6.21. The van der Waals surface area contributed by atoms with Crippen molar-refractivity contribution in [2.24, 2.45) is 11.8 Å². The number of aryl methyl sites for hydroxylation is 2.